The van der Waals surface area contributed by atoms with E-state index in [1.54, 1.807) is 0 Å². The van der Waals surface area contributed by atoms with Gasteiger partial charge in [0.2, 0.25) is 5.41 Å². The minimum atomic E-state index is -5.49. The number of rotatable bonds is 5. The molecule has 0 fully saturated rings. The van der Waals surface area contributed by atoms with Gasteiger partial charge in [-0.1, -0.05) is 13.3 Å². The van der Waals surface area contributed by atoms with E-state index in [1.165, 1.54) is 6.92 Å². The van der Waals surface area contributed by atoms with E-state index >= 15 is 0 Å². The Morgan fingerprint density at radius 2 is 1.44 bits per heavy atom. The molecule has 92 valence electrons. The van der Waals surface area contributed by atoms with Crippen LogP contribution < -0.4 is 0 Å². The van der Waals surface area contributed by atoms with Crippen LogP contribution in [0.5, 0.6) is 0 Å². The number of ketones is 1. The largest absolute Gasteiger partial charge is 0.480 e. The van der Waals surface area contributed by atoms with Crippen LogP contribution >= 0.6 is 0 Å². The van der Waals surface area contributed by atoms with Gasteiger partial charge in [-0.15, -0.1) is 0 Å². The summed E-state index contributed by atoms with van der Waals surface area (Å²) in [5.74, 6) is -7.37. The first kappa shape index (κ1) is 14.4. The molecule has 0 unspecified atom stereocenters. The molecule has 8 heteroatoms. The molecule has 0 aliphatic heterocycles. The zero-order valence-corrected chi connectivity index (χ0v) is 8.17. The first-order valence-electron chi connectivity index (χ1n) is 4.19. The van der Waals surface area contributed by atoms with E-state index < -0.39 is 35.7 Å². The molecular formula is C8H9F3O5. The zero-order valence-electron chi connectivity index (χ0n) is 8.17. The maximum absolute atomic E-state index is 12.1. The summed E-state index contributed by atoms with van der Waals surface area (Å²) in [5, 5.41) is 17.1. The number of carbonyl (C=O) groups is 3. The van der Waals surface area contributed by atoms with Crippen molar-refractivity contribution < 1.29 is 37.8 Å². The van der Waals surface area contributed by atoms with Crippen LogP contribution in [0.3, 0.4) is 0 Å². The highest BCUT2D eigenvalue weighted by atomic mass is 19.4. The second-order valence-corrected chi connectivity index (χ2v) is 3.09. The van der Waals surface area contributed by atoms with Gasteiger partial charge in [-0.3, -0.25) is 14.4 Å². The first-order chi connectivity index (χ1) is 7.10. The third-order valence-corrected chi connectivity index (χ3v) is 2.00. The average Bonchev–Trinajstić information content (AvgIpc) is 2.10. The molecule has 0 aromatic carbocycles. The number of Topliss-reactive ketones (excluding diaryl/α,β-unsaturated/α-hetero) is 1. The van der Waals surface area contributed by atoms with E-state index in [0.717, 1.165) is 0 Å². The molecule has 0 heterocycles. The van der Waals surface area contributed by atoms with Gasteiger partial charge < -0.3 is 10.2 Å². The van der Waals surface area contributed by atoms with Crippen molar-refractivity contribution in [1.29, 1.82) is 0 Å². The van der Waals surface area contributed by atoms with Crippen molar-refractivity contribution in [3.05, 3.63) is 0 Å². The molecule has 2 N–H and O–H groups in total. The quantitative estimate of drug-likeness (QED) is 0.703. The van der Waals surface area contributed by atoms with Crippen molar-refractivity contribution in [1.82, 2.24) is 0 Å². The van der Waals surface area contributed by atoms with Crippen molar-refractivity contribution in [3.8, 4) is 0 Å². The summed E-state index contributed by atoms with van der Waals surface area (Å²) in [7, 11) is 0. The first-order valence-corrected chi connectivity index (χ1v) is 4.19. The average molecular weight is 242 g/mol. The minimum Gasteiger partial charge on any atom is -0.480 e. The summed E-state index contributed by atoms with van der Waals surface area (Å²) >= 11 is 0. The molecular weight excluding hydrogens is 233 g/mol. The van der Waals surface area contributed by atoms with Crippen molar-refractivity contribution in [2.45, 2.75) is 25.9 Å². The van der Waals surface area contributed by atoms with Crippen molar-refractivity contribution in [2.75, 3.05) is 0 Å². The highest BCUT2D eigenvalue weighted by Crippen LogP contribution is 2.34. The van der Waals surface area contributed by atoms with Gasteiger partial charge in [-0.2, -0.15) is 13.2 Å². The Morgan fingerprint density at radius 3 is 1.62 bits per heavy atom. The summed E-state index contributed by atoms with van der Waals surface area (Å²) in [4.78, 5) is 32.2. The lowest BCUT2D eigenvalue weighted by molar-refractivity contribution is -0.194. The van der Waals surface area contributed by atoms with Gasteiger partial charge in [0.1, 0.15) is 0 Å². The lowest BCUT2D eigenvalue weighted by Crippen LogP contribution is -2.52. The fraction of sp³-hybridized carbons (Fsp3) is 0.625. The van der Waals surface area contributed by atoms with Crippen LogP contribution in [-0.4, -0.2) is 34.1 Å². The molecule has 0 saturated carbocycles. The molecule has 0 atom stereocenters. The van der Waals surface area contributed by atoms with Crippen LogP contribution in [-0.2, 0) is 14.4 Å². The van der Waals surface area contributed by atoms with Crippen LogP contribution in [0.25, 0.3) is 0 Å². The Morgan fingerprint density at radius 1 is 1.06 bits per heavy atom. The molecule has 5 nitrogen and oxygen atoms in total. The van der Waals surface area contributed by atoms with Gasteiger partial charge in [-0.25, -0.2) is 0 Å². The van der Waals surface area contributed by atoms with Crippen LogP contribution in [0, 0.1) is 5.41 Å². The second-order valence-electron chi connectivity index (χ2n) is 3.09. The summed E-state index contributed by atoms with van der Waals surface area (Å²) in [6.07, 6.45) is -6.58. The minimum absolute atomic E-state index is 0.180. The van der Waals surface area contributed by atoms with E-state index in [2.05, 4.69) is 0 Å². The molecule has 0 bridgehead atoms. The monoisotopic (exact) mass is 242 g/mol. The predicted octanol–water partition coefficient (Wildman–Crippen LogP) is 1.07. The maximum Gasteiger partial charge on any atom is 0.451 e. The van der Waals surface area contributed by atoms with Gasteiger partial charge in [0.05, 0.1) is 0 Å². The Bertz CT molecular complexity index is 306. The predicted molar refractivity (Wildman–Crippen MR) is 43.7 cm³/mol. The van der Waals surface area contributed by atoms with Gasteiger partial charge in [0, 0.05) is 0 Å². The molecule has 0 aromatic heterocycles. The smallest absolute Gasteiger partial charge is 0.451 e. The zero-order chi connectivity index (χ0) is 13.1. The highest BCUT2D eigenvalue weighted by molar-refractivity contribution is 6.20. The Labute approximate surface area is 87.9 Å². The van der Waals surface area contributed by atoms with E-state index in [-0.39, 0.29) is 6.42 Å². The molecule has 0 aliphatic rings. The van der Waals surface area contributed by atoms with Crippen LogP contribution in [0.2, 0.25) is 0 Å². The van der Waals surface area contributed by atoms with E-state index in [1.807, 2.05) is 0 Å². The number of hydrogen-bond donors (Lipinski definition) is 2. The molecule has 0 aliphatic carbocycles. The van der Waals surface area contributed by atoms with Crippen molar-refractivity contribution >= 4 is 17.7 Å². The summed E-state index contributed by atoms with van der Waals surface area (Å²) in [5.41, 5.74) is -3.44. The fourth-order valence-electron chi connectivity index (χ4n) is 1.23. The number of carboxylic acid groups (broad SMARTS) is 2. The maximum atomic E-state index is 12.1. The lowest BCUT2D eigenvalue weighted by atomic mass is 9.79. The summed E-state index contributed by atoms with van der Waals surface area (Å²) < 4.78 is 36.3. The molecule has 0 aromatic rings. The van der Waals surface area contributed by atoms with Crippen LogP contribution in [0.4, 0.5) is 13.2 Å². The molecule has 0 saturated heterocycles. The van der Waals surface area contributed by atoms with E-state index in [0.29, 0.717) is 0 Å². The molecule has 0 spiro atoms. The SMILES string of the molecule is CCCC(C(=O)O)(C(=O)O)C(=O)C(F)(F)F. The summed E-state index contributed by atoms with van der Waals surface area (Å²) in [6.45, 7) is 1.28. The number of carboxylic acids is 2. The van der Waals surface area contributed by atoms with Gasteiger partial charge in [0.25, 0.3) is 5.78 Å². The van der Waals surface area contributed by atoms with E-state index in [4.69, 9.17) is 10.2 Å². The molecule has 0 amide bonds. The van der Waals surface area contributed by atoms with Gasteiger partial charge in [-0.05, 0) is 6.42 Å². The van der Waals surface area contributed by atoms with E-state index in [9.17, 15) is 27.6 Å². The van der Waals surface area contributed by atoms with Crippen molar-refractivity contribution in [2.24, 2.45) is 5.41 Å². The number of halogens is 3. The topological polar surface area (TPSA) is 91.7 Å². The number of alkyl halides is 3. The Kier molecular flexibility index (Phi) is 4.05. The third kappa shape index (κ3) is 2.31. The number of hydrogen-bond acceptors (Lipinski definition) is 3. The fourth-order valence-corrected chi connectivity index (χ4v) is 1.23. The highest BCUT2D eigenvalue weighted by Gasteiger charge is 2.62. The summed E-state index contributed by atoms with van der Waals surface area (Å²) in [6, 6.07) is 0. The van der Waals surface area contributed by atoms with Crippen molar-refractivity contribution in [3.63, 3.8) is 0 Å². The molecule has 16 heavy (non-hydrogen) atoms. The Hall–Kier alpha value is -1.60. The standard InChI is InChI=1S/C8H9F3O5/c1-2-3-7(5(13)14,6(15)16)4(12)8(9,10)11/h2-3H2,1H3,(H,13,14)(H,15,16). The normalized spacial score (nSPS) is 12.2. The van der Waals surface area contributed by atoms with Crippen LogP contribution in [0.1, 0.15) is 19.8 Å². The molecule has 0 rings (SSSR count). The Balaban J connectivity index is 5.63. The lowest BCUT2D eigenvalue weighted by Gasteiger charge is -2.23. The van der Waals surface area contributed by atoms with Gasteiger partial charge >= 0.3 is 18.1 Å². The number of aliphatic carboxylic acids is 2. The van der Waals surface area contributed by atoms with Gasteiger partial charge in [0.15, 0.2) is 0 Å². The molecule has 0 radical (unpaired) electrons. The number of carbonyl (C=O) groups excluding carboxylic acids is 1. The second kappa shape index (κ2) is 4.50. The van der Waals surface area contributed by atoms with Crippen LogP contribution in [0.15, 0.2) is 0 Å². The third-order valence-electron chi connectivity index (χ3n) is 2.00.